The lowest BCUT2D eigenvalue weighted by atomic mass is 10.1. The van der Waals surface area contributed by atoms with Gasteiger partial charge in [-0.3, -0.25) is 9.59 Å². The normalized spacial score (nSPS) is 10.6. The van der Waals surface area contributed by atoms with Crippen molar-refractivity contribution in [2.24, 2.45) is 0 Å². The van der Waals surface area contributed by atoms with E-state index < -0.39 is 0 Å². The van der Waals surface area contributed by atoms with Crippen molar-refractivity contribution in [2.45, 2.75) is 32.6 Å². The number of carbonyl (C=O) groups excluding carboxylic acids is 2. The molecule has 0 bridgehead atoms. The molecule has 19 heavy (non-hydrogen) atoms. The molecule has 0 amide bonds. The molecule has 0 aromatic heterocycles. The molecular formula is C16H20O3. The van der Waals surface area contributed by atoms with Gasteiger partial charge in [-0.1, -0.05) is 42.5 Å². The molecule has 0 saturated carbocycles. The van der Waals surface area contributed by atoms with Gasteiger partial charge in [0.05, 0.1) is 13.0 Å². The first-order valence-corrected chi connectivity index (χ1v) is 6.58. The second-order valence-corrected chi connectivity index (χ2v) is 4.21. The Morgan fingerprint density at radius 2 is 1.84 bits per heavy atom. The summed E-state index contributed by atoms with van der Waals surface area (Å²) in [6.45, 7) is 2.12. The molecule has 102 valence electrons. The predicted molar refractivity (Wildman–Crippen MR) is 74.8 cm³/mol. The zero-order chi connectivity index (χ0) is 13.9. The van der Waals surface area contributed by atoms with Crippen molar-refractivity contribution in [1.82, 2.24) is 0 Å². The van der Waals surface area contributed by atoms with Gasteiger partial charge in [0.2, 0.25) is 0 Å². The molecule has 0 heterocycles. The van der Waals surface area contributed by atoms with E-state index >= 15 is 0 Å². The van der Waals surface area contributed by atoms with E-state index in [1.807, 2.05) is 42.5 Å². The van der Waals surface area contributed by atoms with Crippen LogP contribution in [0.3, 0.4) is 0 Å². The summed E-state index contributed by atoms with van der Waals surface area (Å²) in [5, 5.41) is 0. The van der Waals surface area contributed by atoms with Gasteiger partial charge >= 0.3 is 5.97 Å². The van der Waals surface area contributed by atoms with Crippen LogP contribution in [-0.2, 0) is 20.7 Å². The second kappa shape index (κ2) is 9.09. The molecule has 0 atom stereocenters. The van der Waals surface area contributed by atoms with E-state index in [0.29, 0.717) is 13.0 Å². The summed E-state index contributed by atoms with van der Waals surface area (Å²) in [4.78, 5) is 22.6. The van der Waals surface area contributed by atoms with Crippen LogP contribution >= 0.6 is 0 Å². The lowest BCUT2D eigenvalue weighted by Crippen LogP contribution is -2.07. The molecule has 0 saturated heterocycles. The number of allylic oxidation sites excluding steroid dienone is 2. The minimum absolute atomic E-state index is 0.0670. The first-order valence-electron chi connectivity index (χ1n) is 6.58. The summed E-state index contributed by atoms with van der Waals surface area (Å²) in [5.41, 5.74) is 1.22. The summed E-state index contributed by atoms with van der Waals surface area (Å²) in [7, 11) is 0. The van der Waals surface area contributed by atoms with Crippen molar-refractivity contribution in [2.75, 3.05) is 6.61 Å². The van der Waals surface area contributed by atoms with E-state index in [0.717, 1.165) is 6.42 Å². The highest BCUT2D eigenvalue weighted by Gasteiger charge is 2.05. The Hall–Kier alpha value is -1.90. The average molecular weight is 260 g/mol. The van der Waals surface area contributed by atoms with Crippen LogP contribution in [0.15, 0.2) is 42.5 Å². The first kappa shape index (κ1) is 15.2. The lowest BCUT2D eigenvalue weighted by molar-refractivity contribution is -0.144. The van der Waals surface area contributed by atoms with Gasteiger partial charge in [0.1, 0.15) is 5.78 Å². The van der Waals surface area contributed by atoms with Gasteiger partial charge in [-0.05, 0) is 18.9 Å². The van der Waals surface area contributed by atoms with Gasteiger partial charge in [0.15, 0.2) is 0 Å². The van der Waals surface area contributed by atoms with Crippen LogP contribution in [0.5, 0.6) is 0 Å². The van der Waals surface area contributed by atoms with E-state index in [4.69, 9.17) is 4.74 Å². The van der Waals surface area contributed by atoms with Crippen LogP contribution in [0, 0.1) is 0 Å². The summed E-state index contributed by atoms with van der Waals surface area (Å²) in [5.74, 6) is -0.235. The highest BCUT2D eigenvalue weighted by atomic mass is 16.5. The molecule has 0 aliphatic carbocycles. The van der Waals surface area contributed by atoms with E-state index in [1.165, 1.54) is 5.56 Å². The molecular weight excluding hydrogens is 240 g/mol. The average Bonchev–Trinajstić information content (AvgIpc) is 2.43. The molecule has 0 aliphatic rings. The number of hydrogen-bond donors (Lipinski definition) is 0. The molecule has 3 nitrogen and oxygen atoms in total. The topological polar surface area (TPSA) is 43.4 Å². The van der Waals surface area contributed by atoms with Crippen molar-refractivity contribution in [3.63, 3.8) is 0 Å². The molecule has 0 spiro atoms. The maximum Gasteiger partial charge on any atom is 0.306 e. The summed E-state index contributed by atoms with van der Waals surface area (Å²) in [6, 6.07) is 10.1. The fourth-order valence-electron chi connectivity index (χ4n) is 1.62. The highest BCUT2D eigenvalue weighted by Crippen LogP contribution is 2.02. The van der Waals surface area contributed by atoms with Gasteiger partial charge < -0.3 is 4.74 Å². The minimum Gasteiger partial charge on any atom is -0.466 e. The zero-order valence-corrected chi connectivity index (χ0v) is 11.3. The van der Waals surface area contributed by atoms with Gasteiger partial charge in [0.25, 0.3) is 0 Å². The number of carbonyl (C=O) groups is 2. The van der Waals surface area contributed by atoms with Gasteiger partial charge in [-0.25, -0.2) is 0 Å². The van der Waals surface area contributed by atoms with E-state index in [9.17, 15) is 9.59 Å². The molecule has 1 rings (SSSR count). The molecule has 0 fully saturated rings. The molecule has 0 N–H and O–H groups in total. The Balaban J connectivity index is 2.18. The van der Waals surface area contributed by atoms with Gasteiger partial charge in [-0.15, -0.1) is 0 Å². The number of benzene rings is 1. The molecule has 0 radical (unpaired) electrons. The number of ether oxygens (including phenoxy) is 1. The third kappa shape index (κ3) is 7.19. The van der Waals surface area contributed by atoms with Crippen LogP contribution in [0.1, 0.15) is 31.7 Å². The smallest absolute Gasteiger partial charge is 0.306 e. The van der Waals surface area contributed by atoms with Gasteiger partial charge in [-0.2, -0.15) is 0 Å². The van der Waals surface area contributed by atoms with Crippen LogP contribution in [0.25, 0.3) is 0 Å². The number of Topliss-reactive ketones (excluding diaryl/α,β-unsaturated/α-hetero) is 1. The standard InChI is InChI=1S/C16H20O3/c1-2-19-16(18)13-12-15(17)11-7-6-10-14-8-4-3-5-9-14/h3-9H,2,10-13H2,1H3. The van der Waals surface area contributed by atoms with Crippen LogP contribution in [0.4, 0.5) is 0 Å². The second-order valence-electron chi connectivity index (χ2n) is 4.21. The van der Waals surface area contributed by atoms with Crippen LogP contribution in [0.2, 0.25) is 0 Å². The zero-order valence-electron chi connectivity index (χ0n) is 11.3. The van der Waals surface area contributed by atoms with E-state index in [-0.39, 0.29) is 24.6 Å². The molecule has 1 aromatic rings. The number of hydrogen-bond acceptors (Lipinski definition) is 3. The largest absolute Gasteiger partial charge is 0.466 e. The van der Waals surface area contributed by atoms with Crippen LogP contribution < -0.4 is 0 Å². The summed E-state index contributed by atoms with van der Waals surface area (Å²) >= 11 is 0. The fraction of sp³-hybridized carbons (Fsp3) is 0.375. The minimum atomic E-state index is -0.302. The van der Waals surface area contributed by atoms with E-state index in [2.05, 4.69) is 0 Å². The maximum absolute atomic E-state index is 11.5. The van der Waals surface area contributed by atoms with E-state index in [1.54, 1.807) is 6.92 Å². The Morgan fingerprint density at radius 3 is 2.53 bits per heavy atom. The Bertz CT molecular complexity index is 421. The number of ketones is 1. The highest BCUT2D eigenvalue weighted by molar-refractivity contribution is 5.83. The predicted octanol–water partition coefficient (Wildman–Crippen LogP) is 3.09. The fourth-order valence-corrected chi connectivity index (χ4v) is 1.62. The van der Waals surface area contributed by atoms with Crippen LogP contribution in [-0.4, -0.2) is 18.4 Å². The maximum atomic E-state index is 11.5. The molecule has 1 aromatic carbocycles. The van der Waals surface area contributed by atoms with Crippen molar-refractivity contribution >= 4 is 11.8 Å². The SMILES string of the molecule is CCOC(=O)CCC(=O)CC=CCc1ccccc1. The van der Waals surface area contributed by atoms with Crippen molar-refractivity contribution < 1.29 is 14.3 Å². The van der Waals surface area contributed by atoms with Crippen molar-refractivity contribution in [3.8, 4) is 0 Å². The Morgan fingerprint density at radius 1 is 1.11 bits per heavy atom. The Kier molecular flexibility index (Phi) is 7.25. The third-order valence-electron chi connectivity index (χ3n) is 2.62. The molecule has 0 unspecified atom stereocenters. The summed E-state index contributed by atoms with van der Waals surface area (Å²) in [6.07, 6.45) is 5.49. The van der Waals surface area contributed by atoms with Crippen molar-refractivity contribution in [1.29, 1.82) is 0 Å². The monoisotopic (exact) mass is 260 g/mol. The summed E-state index contributed by atoms with van der Waals surface area (Å²) < 4.78 is 4.77. The van der Waals surface area contributed by atoms with Crippen molar-refractivity contribution in [3.05, 3.63) is 48.0 Å². The molecule has 3 heteroatoms. The first-order chi connectivity index (χ1) is 9.22. The lowest BCUT2D eigenvalue weighted by Gasteiger charge is -1.99. The quantitative estimate of drug-likeness (QED) is 0.533. The third-order valence-corrected chi connectivity index (χ3v) is 2.62. The number of esters is 1. The molecule has 0 aliphatic heterocycles. The van der Waals surface area contributed by atoms with Gasteiger partial charge in [0, 0.05) is 12.8 Å². The Labute approximate surface area is 114 Å². The number of rotatable bonds is 8.